The minimum atomic E-state index is -1.04. The van der Waals surface area contributed by atoms with E-state index in [9.17, 15) is 9.90 Å². The number of halogens is 2. The summed E-state index contributed by atoms with van der Waals surface area (Å²) in [7, 11) is 1.53. The minimum absolute atomic E-state index is 0.0411. The van der Waals surface area contributed by atoms with Crippen LogP contribution in [0.15, 0.2) is 35.1 Å². The third kappa shape index (κ3) is 4.15. The Labute approximate surface area is 189 Å². The van der Waals surface area contributed by atoms with Crippen molar-refractivity contribution in [3.63, 3.8) is 0 Å². The number of benzene rings is 1. The standard InChI is InChI=1S/C21H22Cl2N4O4/c1-13-18(23)19(20-24-7-10-31-20)25-27(13)12-17(28)26-8-5-21(29,6-9-26)14-3-4-15(22)16(11-14)30-2/h3-4,7,10-11,29H,5-6,8-9,12H2,1-2H3. The lowest BCUT2D eigenvalue weighted by Gasteiger charge is -2.38. The number of piperidine rings is 1. The molecule has 0 aliphatic carbocycles. The second-order valence-corrected chi connectivity index (χ2v) is 8.29. The van der Waals surface area contributed by atoms with Crippen LogP contribution >= 0.6 is 23.2 Å². The number of rotatable bonds is 5. The summed E-state index contributed by atoms with van der Waals surface area (Å²) < 4.78 is 12.1. The maximum Gasteiger partial charge on any atom is 0.248 e. The van der Waals surface area contributed by atoms with E-state index in [1.54, 1.807) is 34.7 Å². The van der Waals surface area contributed by atoms with Crippen molar-refractivity contribution in [3.05, 3.63) is 52.0 Å². The maximum absolute atomic E-state index is 12.9. The first-order valence-corrected chi connectivity index (χ1v) is 10.5. The molecule has 8 nitrogen and oxygen atoms in total. The van der Waals surface area contributed by atoms with Gasteiger partial charge in [-0.1, -0.05) is 29.3 Å². The van der Waals surface area contributed by atoms with Crippen molar-refractivity contribution >= 4 is 29.1 Å². The van der Waals surface area contributed by atoms with Crippen LogP contribution in [0, 0.1) is 6.92 Å². The highest BCUT2D eigenvalue weighted by Gasteiger charge is 2.36. The number of likely N-dealkylation sites (tertiary alicyclic amines) is 1. The summed E-state index contributed by atoms with van der Waals surface area (Å²) >= 11 is 12.4. The van der Waals surface area contributed by atoms with Gasteiger partial charge in [0.1, 0.15) is 18.6 Å². The molecule has 1 fully saturated rings. The van der Waals surface area contributed by atoms with E-state index in [2.05, 4.69) is 10.1 Å². The molecule has 0 atom stereocenters. The van der Waals surface area contributed by atoms with Crippen molar-refractivity contribution < 1.29 is 19.1 Å². The lowest BCUT2D eigenvalue weighted by atomic mass is 9.84. The lowest BCUT2D eigenvalue weighted by Crippen LogP contribution is -2.46. The van der Waals surface area contributed by atoms with Gasteiger partial charge < -0.3 is 19.2 Å². The van der Waals surface area contributed by atoms with Crippen LogP contribution in [0.4, 0.5) is 0 Å². The van der Waals surface area contributed by atoms with E-state index in [1.165, 1.54) is 19.6 Å². The molecule has 0 radical (unpaired) electrons. The molecule has 164 valence electrons. The number of aromatic nitrogens is 3. The Morgan fingerprint density at radius 2 is 2.06 bits per heavy atom. The molecule has 1 aliphatic rings. The summed E-state index contributed by atoms with van der Waals surface area (Å²) in [5.74, 6) is 0.719. The number of carbonyl (C=O) groups excluding carboxylic acids is 1. The van der Waals surface area contributed by atoms with Crippen LogP contribution in [0.5, 0.6) is 5.75 Å². The van der Waals surface area contributed by atoms with Gasteiger partial charge in [0.2, 0.25) is 11.8 Å². The molecular formula is C21H22Cl2N4O4. The number of hydrogen-bond donors (Lipinski definition) is 1. The number of aliphatic hydroxyl groups is 1. The fourth-order valence-electron chi connectivity index (χ4n) is 3.75. The Bertz CT molecular complexity index is 1090. The molecule has 1 N–H and O–H groups in total. The second kappa shape index (κ2) is 8.53. The van der Waals surface area contributed by atoms with E-state index >= 15 is 0 Å². The Hall–Kier alpha value is -2.55. The number of hydrogen-bond acceptors (Lipinski definition) is 6. The molecule has 3 heterocycles. The summed E-state index contributed by atoms with van der Waals surface area (Å²) in [6, 6.07) is 5.25. The first-order valence-electron chi connectivity index (χ1n) is 9.79. The van der Waals surface area contributed by atoms with Crippen molar-refractivity contribution in [2.24, 2.45) is 0 Å². The van der Waals surface area contributed by atoms with Crippen LogP contribution in [0.1, 0.15) is 24.1 Å². The first kappa shape index (κ1) is 21.7. The molecule has 0 spiro atoms. The van der Waals surface area contributed by atoms with E-state index in [4.69, 9.17) is 32.4 Å². The van der Waals surface area contributed by atoms with Crippen molar-refractivity contribution in [1.29, 1.82) is 0 Å². The molecule has 0 saturated carbocycles. The summed E-state index contributed by atoms with van der Waals surface area (Å²) in [6.45, 7) is 2.67. The molecule has 1 aromatic carbocycles. The monoisotopic (exact) mass is 464 g/mol. The summed E-state index contributed by atoms with van der Waals surface area (Å²) in [6.07, 6.45) is 3.76. The zero-order chi connectivity index (χ0) is 22.2. The zero-order valence-electron chi connectivity index (χ0n) is 17.1. The second-order valence-electron chi connectivity index (χ2n) is 7.50. The van der Waals surface area contributed by atoms with Gasteiger partial charge >= 0.3 is 0 Å². The number of oxazole rings is 1. The Morgan fingerprint density at radius 1 is 1.32 bits per heavy atom. The average Bonchev–Trinajstić information content (AvgIpc) is 3.39. The highest BCUT2D eigenvalue weighted by Crippen LogP contribution is 2.37. The van der Waals surface area contributed by atoms with E-state index in [1.807, 2.05) is 0 Å². The van der Waals surface area contributed by atoms with Gasteiger partial charge in [-0.25, -0.2) is 4.98 Å². The molecule has 1 aliphatic heterocycles. The molecular weight excluding hydrogens is 443 g/mol. The normalized spacial score (nSPS) is 15.8. The van der Waals surface area contributed by atoms with E-state index in [-0.39, 0.29) is 12.5 Å². The van der Waals surface area contributed by atoms with Crippen LogP contribution in [-0.4, -0.2) is 50.9 Å². The van der Waals surface area contributed by atoms with Crippen LogP contribution in [0.3, 0.4) is 0 Å². The molecule has 4 rings (SSSR count). The number of amides is 1. The maximum atomic E-state index is 12.9. The number of carbonyl (C=O) groups is 1. The fourth-order valence-corrected chi connectivity index (χ4v) is 4.16. The number of methoxy groups -OCH3 is 1. The van der Waals surface area contributed by atoms with Crippen molar-refractivity contribution in [1.82, 2.24) is 19.7 Å². The smallest absolute Gasteiger partial charge is 0.248 e. The van der Waals surface area contributed by atoms with E-state index in [0.717, 1.165) is 5.56 Å². The zero-order valence-corrected chi connectivity index (χ0v) is 18.7. The summed E-state index contributed by atoms with van der Waals surface area (Å²) in [5.41, 5.74) is 0.746. The molecule has 3 aromatic rings. The molecule has 0 unspecified atom stereocenters. The van der Waals surface area contributed by atoms with Gasteiger partial charge in [-0.3, -0.25) is 9.48 Å². The predicted octanol–water partition coefficient (Wildman–Crippen LogP) is 3.67. The van der Waals surface area contributed by atoms with Crippen LogP contribution in [0.2, 0.25) is 10.0 Å². The van der Waals surface area contributed by atoms with Crippen LogP contribution in [-0.2, 0) is 16.9 Å². The van der Waals surface area contributed by atoms with Gasteiger partial charge in [0.15, 0.2) is 5.69 Å². The van der Waals surface area contributed by atoms with Crippen LogP contribution < -0.4 is 4.74 Å². The Morgan fingerprint density at radius 3 is 2.71 bits per heavy atom. The Balaban J connectivity index is 1.44. The largest absolute Gasteiger partial charge is 0.495 e. The minimum Gasteiger partial charge on any atom is -0.495 e. The molecule has 0 bridgehead atoms. The van der Waals surface area contributed by atoms with Gasteiger partial charge in [0, 0.05) is 13.1 Å². The third-order valence-corrected chi connectivity index (χ3v) is 6.45. The van der Waals surface area contributed by atoms with Gasteiger partial charge in [-0.2, -0.15) is 5.10 Å². The first-order chi connectivity index (χ1) is 14.8. The molecule has 1 amide bonds. The summed E-state index contributed by atoms with van der Waals surface area (Å²) in [4.78, 5) is 18.7. The molecule has 31 heavy (non-hydrogen) atoms. The molecule has 10 heteroatoms. The highest BCUT2D eigenvalue weighted by molar-refractivity contribution is 6.33. The van der Waals surface area contributed by atoms with Crippen molar-refractivity contribution in [2.75, 3.05) is 20.2 Å². The quantitative estimate of drug-likeness (QED) is 0.618. The van der Waals surface area contributed by atoms with E-state index in [0.29, 0.717) is 59.0 Å². The van der Waals surface area contributed by atoms with Crippen molar-refractivity contribution in [3.8, 4) is 17.3 Å². The van der Waals surface area contributed by atoms with Gasteiger partial charge in [-0.15, -0.1) is 0 Å². The third-order valence-electron chi connectivity index (χ3n) is 5.69. The fraction of sp³-hybridized carbons (Fsp3) is 0.381. The molecule has 1 saturated heterocycles. The predicted molar refractivity (Wildman–Crippen MR) is 115 cm³/mol. The average molecular weight is 465 g/mol. The van der Waals surface area contributed by atoms with Gasteiger partial charge in [0.25, 0.3) is 0 Å². The van der Waals surface area contributed by atoms with Gasteiger partial charge in [-0.05, 0) is 37.5 Å². The van der Waals surface area contributed by atoms with E-state index < -0.39 is 5.60 Å². The van der Waals surface area contributed by atoms with Gasteiger partial charge in [0.05, 0.1) is 34.6 Å². The highest BCUT2D eigenvalue weighted by atomic mass is 35.5. The Kier molecular flexibility index (Phi) is 5.96. The molecule has 2 aromatic heterocycles. The SMILES string of the molecule is COc1cc(C2(O)CCN(C(=O)Cn3nc(-c4ncco4)c(Cl)c3C)CC2)ccc1Cl. The topological polar surface area (TPSA) is 93.6 Å². The van der Waals surface area contributed by atoms with Crippen molar-refractivity contribution in [2.45, 2.75) is 31.9 Å². The summed E-state index contributed by atoms with van der Waals surface area (Å²) in [5, 5.41) is 16.4. The lowest BCUT2D eigenvalue weighted by molar-refractivity contribution is -0.136. The van der Waals surface area contributed by atoms with Crippen LogP contribution in [0.25, 0.3) is 11.6 Å². The number of nitrogens with zero attached hydrogens (tertiary/aromatic N) is 4. The number of ether oxygens (including phenoxy) is 1.